The van der Waals surface area contributed by atoms with Gasteiger partial charge in [0.25, 0.3) is 6.01 Å². The first-order valence-corrected chi connectivity index (χ1v) is 5.76. The van der Waals surface area contributed by atoms with Crippen LogP contribution in [0.2, 0.25) is 0 Å². The lowest BCUT2D eigenvalue weighted by atomic mass is 10.1. The third-order valence-electron chi connectivity index (χ3n) is 2.54. The lowest BCUT2D eigenvalue weighted by molar-refractivity contribution is 0.0519. The van der Waals surface area contributed by atoms with Gasteiger partial charge in [0.2, 0.25) is 0 Å². The highest BCUT2D eigenvalue weighted by atomic mass is 16.5. The van der Waals surface area contributed by atoms with Crippen molar-refractivity contribution in [1.82, 2.24) is 4.98 Å². The summed E-state index contributed by atoms with van der Waals surface area (Å²) in [5.41, 5.74) is 0.196. The fourth-order valence-electron chi connectivity index (χ4n) is 1.66. The summed E-state index contributed by atoms with van der Waals surface area (Å²) in [7, 11) is 0. The van der Waals surface area contributed by atoms with Gasteiger partial charge in [-0.1, -0.05) is 0 Å². The predicted octanol–water partition coefficient (Wildman–Crippen LogP) is 1.44. The van der Waals surface area contributed by atoms with Crippen LogP contribution < -0.4 is 5.32 Å². The average molecular weight is 240 g/mol. The lowest BCUT2D eigenvalue weighted by Crippen LogP contribution is -2.27. The van der Waals surface area contributed by atoms with E-state index in [1.807, 2.05) is 0 Å². The molecule has 1 aliphatic heterocycles. The Labute approximate surface area is 99.3 Å². The van der Waals surface area contributed by atoms with Gasteiger partial charge in [0.05, 0.1) is 6.61 Å². The van der Waals surface area contributed by atoms with Gasteiger partial charge in [-0.3, -0.25) is 0 Å². The predicted molar refractivity (Wildman–Crippen MR) is 59.9 cm³/mol. The number of nitrogens with zero attached hydrogens (tertiary/aromatic N) is 1. The summed E-state index contributed by atoms with van der Waals surface area (Å²) in [5.74, 6) is -0.462. The van der Waals surface area contributed by atoms with Crippen molar-refractivity contribution in [3.05, 3.63) is 12.0 Å². The SMILES string of the molecule is CCOC(=O)c1coc(NC2CCOCC2)n1. The molecule has 94 valence electrons. The van der Waals surface area contributed by atoms with Crippen LogP contribution in [-0.2, 0) is 9.47 Å². The quantitative estimate of drug-likeness (QED) is 0.803. The number of carbonyl (C=O) groups excluding carboxylic acids is 1. The monoisotopic (exact) mass is 240 g/mol. The van der Waals surface area contributed by atoms with Gasteiger partial charge in [0, 0.05) is 19.3 Å². The van der Waals surface area contributed by atoms with E-state index in [2.05, 4.69) is 10.3 Å². The number of carbonyl (C=O) groups is 1. The van der Waals surface area contributed by atoms with Crippen molar-refractivity contribution in [2.75, 3.05) is 25.1 Å². The summed E-state index contributed by atoms with van der Waals surface area (Å²) < 4.78 is 15.2. The molecule has 2 rings (SSSR count). The van der Waals surface area contributed by atoms with Gasteiger partial charge in [-0.2, -0.15) is 4.98 Å². The molecule has 6 nitrogen and oxygen atoms in total. The maximum absolute atomic E-state index is 11.4. The normalized spacial score (nSPS) is 16.8. The fraction of sp³-hybridized carbons (Fsp3) is 0.636. The molecule has 1 aliphatic rings. The fourth-order valence-corrected chi connectivity index (χ4v) is 1.66. The molecule has 17 heavy (non-hydrogen) atoms. The second-order valence-electron chi connectivity index (χ2n) is 3.79. The van der Waals surface area contributed by atoms with Crippen LogP contribution in [0.25, 0.3) is 0 Å². The maximum Gasteiger partial charge on any atom is 0.360 e. The maximum atomic E-state index is 11.4. The Kier molecular flexibility index (Phi) is 3.98. The van der Waals surface area contributed by atoms with Crippen LogP contribution in [-0.4, -0.2) is 36.8 Å². The summed E-state index contributed by atoms with van der Waals surface area (Å²) in [6, 6.07) is 0.650. The molecule has 1 saturated heterocycles. The van der Waals surface area contributed by atoms with Crippen molar-refractivity contribution in [1.29, 1.82) is 0 Å². The first-order valence-electron chi connectivity index (χ1n) is 5.76. The third kappa shape index (κ3) is 3.20. The van der Waals surface area contributed by atoms with Gasteiger partial charge in [0.1, 0.15) is 6.26 Å². The number of rotatable bonds is 4. The number of hydrogen-bond acceptors (Lipinski definition) is 6. The molecule has 1 N–H and O–H groups in total. The van der Waals surface area contributed by atoms with E-state index >= 15 is 0 Å². The summed E-state index contributed by atoms with van der Waals surface area (Å²) in [6.45, 7) is 3.56. The van der Waals surface area contributed by atoms with Gasteiger partial charge < -0.3 is 19.2 Å². The van der Waals surface area contributed by atoms with Crippen LogP contribution in [0.3, 0.4) is 0 Å². The largest absolute Gasteiger partial charge is 0.461 e. The number of anilines is 1. The molecule has 0 aliphatic carbocycles. The average Bonchev–Trinajstić information content (AvgIpc) is 2.79. The van der Waals surface area contributed by atoms with Gasteiger partial charge in [-0.05, 0) is 19.8 Å². The van der Waals surface area contributed by atoms with Crippen molar-refractivity contribution in [2.45, 2.75) is 25.8 Å². The first-order chi connectivity index (χ1) is 8.29. The van der Waals surface area contributed by atoms with E-state index in [1.165, 1.54) is 6.26 Å². The van der Waals surface area contributed by atoms with Gasteiger partial charge in [-0.25, -0.2) is 4.79 Å². The number of ether oxygens (including phenoxy) is 2. The minimum absolute atomic E-state index is 0.196. The van der Waals surface area contributed by atoms with Crippen LogP contribution in [0.4, 0.5) is 6.01 Å². The molecule has 0 saturated carbocycles. The lowest BCUT2D eigenvalue weighted by Gasteiger charge is -2.21. The summed E-state index contributed by atoms with van der Waals surface area (Å²) in [4.78, 5) is 15.4. The minimum Gasteiger partial charge on any atom is -0.461 e. The van der Waals surface area contributed by atoms with Gasteiger partial charge in [-0.15, -0.1) is 0 Å². The Morgan fingerprint density at radius 2 is 2.35 bits per heavy atom. The molecule has 0 spiro atoms. The van der Waals surface area contributed by atoms with Crippen LogP contribution in [0.15, 0.2) is 10.7 Å². The Balaban J connectivity index is 1.91. The molecule has 1 fully saturated rings. The second-order valence-corrected chi connectivity index (χ2v) is 3.79. The van der Waals surface area contributed by atoms with Crippen molar-refractivity contribution in [3.63, 3.8) is 0 Å². The third-order valence-corrected chi connectivity index (χ3v) is 2.54. The molecule has 0 bridgehead atoms. The Morgan fingerprint density at radius 1 is 1.59 bits per heavy atom. The zero-order valence-electron chi connectivity index (χ0n) is 9.77. The van der Waals surface area contributed by atoms with Crippen molar-refractivity contribution < 1.29 is 18.7 Å². The molecule has 1 aromatic rings. The van der Waals surface area contributed by atoms with E-state index in [4.69, 9.17) is 13.9 Å². The highest BCUT2D eigenvalue weighted by Crippen LogP contribution is 2.15. The van der Waals surface area contributed by atoms with E-state index in [9.17, 15) is 4.79 Å². The van der Waals surface area contributed by atoms with Crippen LogP contribution in [0.5, 0.6) is 0 Å². The molecule has 0 aromatic carbocycles. The zero-order valence-corrected chi connectivity index (χ0v) is 9.77. The molecule has 0 amide bonds. The van der Waals surface area contributed by atoms with E-state index in [1.54, 1.807) is 6.92 Å². The molecular formula is C11H16N2O4. The summed E-state index contributed by atoms with van der Waals surface area (Å²) >= 11 is 0. The number of esters is 1. The molecule has 2 heterocycles. The van der Waals surface area contributed by atoms with Crippen molar-refractivity contribution in [3.8, 4) is 0 Å². The second kappa shape index (κ2) is 5.67. The van der Waals surface area contributed by atoms with Crippen LogP contribution >= 0.6 is 0 Å². The van der Waals surface area contributed by atoms with Crippen molar-refractivity contribution >= 4 is 12.0 Å². The molecule has 6 heteroatoms. The van der Waals surface area contributed by atoms with Crippen LogP contribution in [0.1, 0.15) is 30.3 Å². The molecule has 1 aromatic heterocycles. The minimum atomic E-state index is -0.462. The van der Waals surface area contributed by atoms with Gasteiger partial charge >= 0.3 is 5.97 Å². The van der Waals surface area contributed by atoms with E-state index in [0.29, 0.717) is 12.6 Å². The van der Waals surface area contributed by atoms with Gasteiger partial charge in [0.15, 0.2) is 5.69 Å². The molecule has 0 unspecified atom stereocenters. The highest BCUT2D eigenvalue weighted by molar-refractivity contribution is 5.87. The number of hydrogen-bond donors (Lipinski definition) is 1. The molecule has 0 atom stereocenters. The Bertz CT molecular complexity index is 371. The number of nitrogens with one attached hydrogen (secondary N) is 1. The van der Waals surface area contributed by atoms with Crippen LogP contribution in [0, 0.1) is 0 Å². The molecular weight excluding hydrogens is 224 g/mol. The van der Waals surface area contributed by atoms with E-state index in [-0.39, 0.29) is 11.7 Å². The molecule has 0 radical (unpaired) electrons. The topological polar surface area (TPSA) is 73.6 Å². The Hall–Kier alpha value is -1.56. The standard InChI is InChI=1S/C11H16N2O4/c1-2-16-10(14)9-7-17-11(13-9)12-8-3-5-15-6-4-8/h7-8H,2-6H2,1H3,(H,12,13). The first kappa shape index (κ1) is 11.9. The van der Waals surface area contributed by atoms with Crippen molar-refractivity contribution in [2.24, 2.45) is 0 Å². The van der Waals surface area contributed by atoms with E-state index in [0.717, 1.165) is 26.1 Å². The highest BCUT2D eigenvalue weighted by Gasteiger charge is 2.18. The number of aromatic nitrogens is 1. The smallest absolute Gasteiger partial charge is 0.360 e. The Morgan fingerprint density at radius 3 is 3.06 bits per heavy atom. The van der Waals surface area contributed by atoms with E-state index < -0.39 is 5.97 Å². The number of oxazole rings is 1. The summed E-state index contributed by atoms with van der Waals surface area (Å²) in [5, 5.41) is 3.13. The zero-order chi connectivity index (χ0) is 12.1. The summed E-state index contributed by atoms with van der Waals surface area (Å²) in [6.07, 6.45) is 3.13.